The normalized spacial score (nSPS) is 10.7. The quantitative estimate of drug-likeness (QED) is 0.759. The van der Waals surface area contributed by atoms with Crippen LogP contribution in [0.3, 0.4) is 0 Å². The maximum Gasteiger partial charge on any atom is 0.0710 e. The van der Waals surface area contributed by atoms with Crippen LogP contribution in [-0.4, -0.2) is 15.2 Å². The third-order valence-corrected chi connectivity index (χ3v) is 3.44. The van der Waals surface area contributed by atoms with Crippen molar-refractivity contribution in [2.24, 2.45) is 0 Å². The molecule has 0 fully saturated rings. The van der Waals surface area contributed by atoms with E-state index in [1.54, 1.807) is 6.20 Å². The lowest BCUT2D eigenvalue weighted by atomic mass is 10.1. The van der Waals surface area contributed by atoms with Gasteiger partial charge in [-0.3, -0.25) is 10.1 Å². The molecule has 0 atom stereocenters. The van der Waals surface area contributed by atoms with Crippen LogP contribution in [0.2, 0.25) is 5.02 Å². The van der Waals surface area contributed by atoms with Crippen LogP contribution >= 0.6 is 11.6 Å². The van der Waals surface area contributed by atoms with Crippen LogP contribution in [0, 0.1) is 0 Å². The first kappa shape index (κ1) is 13.8. The molecule has 2 heterocycles. The van der Waals surface area contributed by atoms with Gasteiger partial charge < -0.3 is 5.32 Å². The minimum Gasteiger partial charge on any atom is -0.308 e. The third kappa shape index (κ3) is 3.48. The summed E-state index contributed by atoms with van der Waals surface area (Å²) in [7, 11) is 0. The van der Waals surface area contributed by atoms with Crippen molar-refractivity contribution in [3.8, 4) is 11.3 Å². The largest absolute Gasteiger partial charge is 0.308 e. The standard InChI is InChI=1S/C16H15ClN4/c17-15-5-1-3-12(7-15)8-19-10-14-11-20-21-16(14)13-4-2-6-18-9-13/h1-7,9,11,19H,8,10H2,(H,20,21). The number of nitrogens with zero attached hydrogens (tertiary/aromatic N) is 2. The van der Waals surface area contributed by atoms with E-state index in [1.807, 2.05) is 42.7 Å². The molecule has 0 saturated heterocycles. The molecule has 2 aromatic heterocycles. The zero-order valence-corrected chi connectivity index (χ0v) is 12.1. The second kappa shape index (κ2) is 6.52. The van der Waals surface area contributed by atoms with Crippen LogP contribution < -0.4 is 5.32 Å². The van der Waals surface area contributed by atoms with Gasteiger partial charge in [-0.2, -0.15) is 5.10 Å². The molecule has 3 aromatic rings. The molecule has 0 aliphatic heterocycles. The number of benzene rings is 1. The summed E-state index contributed by atoms with van der Waals surface area (Å²) in [4.78, 5) is 4.14. The topological polar surface area (TPSA) is 53.6 Å². The summed E-state index contributed by atoms with van der Waals surface area (Å²) in [5.74, 6) is 0. The first-order valence-electron chi connectivity index (χ1n) is 6.71. The SMILES string of the molecule is Clc1cccc(CNCc2cn[nH]c2-c2cccnc2)c1. The van der Waals surface area contributed by atoms with Gasteiger partial charge in [0.05, 0.1) is 11.9 Å². The van der Waals surface area contributed by atoms with Crippen molar-refractivity contribution in [1.29, 1.82) is 0 Å². The molecule has 1 aromatic carbocycles. The molecule has 0 aliphatic carbocycles. The van der Waals surface area contributed by atoms with E-state index in [-0.39, 0.29) is 0 Å². The third-order valence-electron chi connectivity index (χ3n) is 3.20. The summed E-state index contributed by atoms with van der Waals surface area (Å²) in [6.45, 7) is 1.49. The van der Waals surface area contributed by atoms with Crippen molar-refractivity contribution in [1.82, 2.24) is 20.5 Å². The van der Waals surface area contributed by atoms with E-state index >= 15 is 0 Å². The van der Waals surface area contributed by atoms with Crippen molar-refractivity contribution in [2.75, 3.05) is 0 Å². The van der Waals surface area contributed by atoms with Gasteiger partial charge in [0.25, 0.3) is 0 Å². The van der Waals surface area contributed by atoms with Crippen LogP contribution in [0.15, 0.2) is 55.0 Å². The highest BCUT2D eigenvalue weighted by Crippen LogP contribution is 2.19. The van der Waals surface area contributed by atoms with Gasteiger partial charge in [0.1, 0.15) is 0 Å². The van der Waals surface area contributed by atoms with Gasteiger partial charge in [0, 0.05) is 41.6 Å². The molecule has 106 valence electrons. The molecule has 0 amide bonds. The number of H-pyrrole nitrogens is 1. The van der Waals surface area contributed by atoms with E-state index in [1.165, 1.54) is 0 Å². The highest BCUT2D eigenvalue weighted by molar-refractivity contribution is 6.30. The average molecular weight is 299 g/mol. The lowest BCUT2D eigenvalue weighted by molar-refractivity contribution is 0.694. The number of halogens is 1. The Morgan fingerprint density at radius 1 is 1.10 bits per heavy atom. The molecular weight excluding hydrogens is 284 g/mol. The van der Waals surface area contributed by atoms with Crippen LogP contribution in [-0.2, 0) is 13.1 Å². The van der Waals surface area contributed by atoms with E-state index in [4.69, 9.17) is 11.6 Å². The molecule has 0 radical (unpaired) electrons. The van der Waals surface area contributed by atoms with Crippen LogP contribution in [0.25, 0.3) is 11.3 Å². The maximum atomic E-state index is 5.98. The highest BCUT2D eigenvalue weighted by Gasteiger charge is 2.07. The summed E-state index contributed by atoms with van der Waals surface area (Å²) in [6.07, 6.45) is 5.43. The predicted molar refractivity (Wildman–Crippen MR) is 83.8 cm³/mol. The predicted octanol–water partition coefficient (Wildman–Crippen LogP) is 3.41. The number of aromatic amines is 1. The van der Waals surface area contributed by atoms with Gasteiger partial charge in [-0.15, -0.1) is 0 Å². The minimum absolute atomic E-state index is 0.729. The zero-order valence-electron chi connectivity index (χ0n) is 11.4. The molecule has 0 bridgehead atoms. The van der Waals surface area contributed by atoms with Crippen LogP contribution in [0.1, 0.15) is 11.1 Å². The van der Waals surface area contributed by atoms with Crippen molar-refractivity contribution < 1.29 is 0 Å². The Hall–Kier alpha value is -2.17. The van der Waals surface area contributed by atoms with E-state index in [2.05, 4.69) is 26.6 Å². The zero-order chi connectivity index (χ0) is 14.5. The van der Waals surface area contributed by atoms with Gasteiger partial charge >= 0.3 is 0 Å². The van der Waals surface area contributed by atoms with E-state index in [9.17, 15) is 0 Å². The summed E-state index contributed by atoms with van der Waals surface area (Å²) in [6, 6.07) is 11.8. The van der Waals surface area contributed by atoms with Crippen molar-refractivity contribution in [3.05, 3.63) is 71.1 Å². The molecule has 2 N–H and O–H groups in total. The van der Waals surface area contributed by atoms with Gasteiger partial charge in [0.2, 0.25) is 0 Å². The second-order valence-electron chi connectivity index (χ2n) is 4.75. The first-order valence-corrected chi connectivity index (χ1v) is 7.08. The fraction of sp³-hybridized carbons (Fsp3) is 0.125. The summed E-state index contributed by atoms with van der Waals surface area (Å²) in [5.41, 5.74) is 4.32. The molecule has 3 rings (SSSR count). The number of nitrogens with one attached hydrogen (secondary N) is 2. The summed E-state index contributed by atoms with van der Waals surface area (Å²) in [5, 5.41) is 11.3. The Morgan fingerprint density at radius 2 is 2.05 bits per heavy atom. The van der Waals surface area contributed by atoms with Crippen molar-refractivity contribution >= 4 is 11.6 Å². The lowest BCUT2D eigenvalue weighted by Gasteiger charge is -2.06. The Morgan fingerprint density at radius 3 is 2.86 bits per heavy atom. The Kier molecular flexibility index (Phi) is 4.28. The minimum atomic E-state index is 0.729. The van der Waals surface area contributed by atoms with Gasteiger partial charge in [-0.1, -0.05) is 23.7 Å². The second-order valence-corrected chi connectivity index (χ2v) is 5.18. The smallest absolute Gasteiger partial charge is 0.0710 e. The van der Waals surface area contributed by atoms with E-state index in [0.29, 0.717) is 0 Å². The molecule has 21 heavy (non-hydrogen) atoms. The monoisotopic (exact) mass is 298 g/mol. The number of hydrogen-bond acceptors (Lipinski definition) is 3. The van der Waals surface area contributed by atoms with Crippen LogP contribution in [0.4, 0.5) is 0 Å². The number of aromatic nitrogens is 3. The van der Waals surface area contributed by atoms with E-state index in [0.717, 1.165) is 40.5 Å². The van der Waals surface area contributed by atoms with Crippen molar-refractivity contribution in [2.45, 2.75) is 13.1 Å². The maximum absolute atomic E-state index is 5.98. The molecular formula is C16H15ClN4. The van der Waals surface area contributed by atoms with Crippen molar-refractivity contribution in [3.63, 3.8) is 0 Å². The fourth-order valence-corrected chi connectivity index (χ4v) is 2.41. The van der Waals surface area contributed by atoms with Gasteiger partial charge in [-0.05, 0) is 29.8 Å². The average Bonchev–Trinajstić information content (AvgIpc) is 2.97. The Labute approximate surface area is 128 Å². The fourth-order valence-electron chi connectivity index (χ4n) is 2.19. The number of pyridine rings is 1. The Bertz CT molecular complexity index is 709. The summed E-state index contributed by atoms with van der Waals surface area (Å²) < 4.78 is 0. The molecule has 0 saturated carbocycles. The van der Waals surface area contributed by atoms with Gasteiger partial charge in [-0.25, -0.2) is 0 Å². The molecule has 4 nitrogen and oxygen atoms in total. The molecule has 0 spiro atoms. The number of rotatable bonds is 5. The highest BCUT2D eigenvalue weighted by atomic mass is 35.5. The first-order chi connectivity index (χ1) is 10.3. The van der Waals surface area contributed by atoms with Gasteiger partial charge in [0.15, 0.2) is 0 Å². The molecule has 0 unspecified atom stereocenters. The molecule has 5 heteroatoms. The number of hydrogen-bond donors (Lipinski definition) is 2. The van der Waals surface area contributed by atoms with E-state index < -0.39 is 0 Å². The Balaban J connectivity index is 1.66. The summed E-state index contributed by atoms with van der Waals surface area (Å²) >= 11 is 5.98. The molecule has 0 aliphatic rings. The van der Waals surface area contributed by atoms with Crippen LogP contribution in [0.5, 0.6) is 0 Å². The lowest BCUT2D eigenvalue weighted by Crippen LogP contribution is -2.12.